The first-order valence-corrected chi connectivity index (χ1v) is 8.91. The van der Waals surface area contributed by atoms with Gasteiger partial charge in [0.15, 0.2) is 16.8 Å². The van der Waals surface area contributed by atoms with E-state index in [0.29, 0.717) is 29.2 Å². The van der Waals surface area contributed by atoms with Crippen molar-refractivity contribution < 1.29 is 18.3 Å². The molecular formula is C18H17F2N3O2S. The Bertz CT molecular complexity index is 891. The first-order valence-electron chi connectivity index (χ1n) is 7.93. The van der Waals surface area contributed by atoms with Crippen LogP contribution in [0.15, 0.2) is 41.6 Å². The van der Waals surface area contributed by atoms with E-state index in [2.05, 4.69) is 15.3 Å². The Morgan fingerprint density at radius 3 is 2.85 bits per heavy atom. The van der Waals surface area contributed by atoms with Crippen molar-refractivity contribution in [2.45, 2.75) is 11.6 Å². The van der Waals surface area contributed by atoms with E-state index < -0.39 is 11.6 Å². The summed E-state index contributed by atoms with van der Waals surface area (Å²) in [5.41, 5.74) is 1.73. The topological polar surface area (TPSA) is 67.0 Å². The predicted octanol–water partition coefficient (Wildman–Crippen LogP) is 3.30. The number of methoxy groups -OCH3 is 1. The molecule has 0 aliphatic rings. The molecule has 0 aliphatic carbocycles. The normalized spacial score (nSPS) is 10.9. The maximum atomic E-state index is 13.2. The molecule has 3 rings (SSSR count). The van der Waals surface area contributed by atoms with Gasteiger partial charge in [0.2, 0.25) is 5.91 Å². The minimum atomic E-state index is -0.949. The Kier molecular flexibility index (Phi) is 5.72. The molecule has 0 spiro atoms. The summed E-state index contributed by atoms with van der Waals surface area (Å²) in [5.74, 6) is -1.10. The number of thioether (sulfide) groups is 1. The average Bonchev–Trinajstić information content (AvgIpc) is 3.02. The first kappa shape index (κ1) is 18.2. The number of ether oxygens (including phenoxy) is 1. The van der Waals surface area contributed by atoms with Gasteiger partial charge in [-0.3, -0.25) is 4.79 Å². The summed E-state index contributed by atoms with van der Waals surface area (Å²) in [6.45, 7) is 0.482. The SMILES string of the molecule is COc1ccccc1CCNC(=O)CSc1nc2cc(F)c(F)cc2[nH]1. The lowest BCUT2D eigenvalue weighted by atomic mass is 10.1. The highest BCUT2D eigenvalue weighted by Gasteiger charge is 2.11. The third-order valence-electron chi connectivity index (χ3n) is 3.75. The van der Waals surface area contributed by atoms with Gasteiger partial charge in [-0.15, -0.1) is 0 Å². The monoisotopic (exact) mass is 377 g/mol. The van der Waals surface area contributed by atoms with Gasteiger partial charge in [0.1, 0.15) is 5.75 Å². The fourth-order valence-corrected chi connectivity index (χ4v) is 3.20. The molecule has 3 aromatic rings. The number of hydrogen-bond acceptors (Lipinski definition) is 4. The van der Waals surface area contributed by atoms with Gasteiger partial charge in [0.25, 0.3) is 0 Å². The molecular weight excluding hydrogens is 360 g/mol. The number of para-hydroxylation sites is 1. The van der Waals surface area contributed by atoms with Gasteiger partial charge >= 0.3 is 0 Å². The molecule has 1 aromatic heterocycles. The van der Waals surface area contributed by atoms with E-state index in [1.165, 1.54) is 11.8 Å². The Balaban J connectivity index is 1.50. The third kappa shape index (κ3) is 4.32. The van der Waals surface area contributed by atoms with Crippen molar-refractivity contribution >= 4 is 28.7 Å². The number of fused-ring (bicyclic) bond motifs is 1. The molecule has 0 bridgehead atoms. The minimum absolute atomic E-state index is 0.150. The maximum Gasteiger partial charge on any atom is 0.230 e. The van der Waals surface area contributed by atoms with Gasteiger partial charge in [-0.1, -0.05) is 30.0 Å². The summed E-state index contributed by atoms with van der Waals surface area (Å²) < 4.78 is 31.7. The summed E-state index contributed by atoms with van der Waals surface area (Å²) in [7, 11) is 1.61. The Morgan fingerprint density at radius 2 is 2.04 bits per heavy atom. The number of amides is 1. The molecule has 0 radical (unpaired) electrons. The number of nitrogens with zero attached hydrogens (tertiary/aromatic N) is 1. The predicted molar refractivity (Wildman–Crippen MR) is 96.4 cm³/mol. The van der Waals surface area contributed by atoms with Crippen LogP contribution in [0.5, 0.6) is 5.75 Å². The van der Waals surface area contributed by atoms with E-state index in [1.807, 2.05) is 24.3 Å². The highest BCUT2D eigenvalue weighted by molar-refractivity contribution is 7.99. The van der Waals surface area contributed by atoms with Gasteiger partial charge in [-0.25, -0.2) is 13.8 Å². The Morgan fingerprint density at radius 1 is 1.27 bits per heavy atom. The zero-order valence-electron chi connectivity index (χ0n) is 14.0. The highest BCUT2D eigenvalue weighted by Crippen LogP contribution is 2.21. The average molecular weight is 377 g/mol. The molecule has 1 amide bonds. The number of aromatic amines is 1. The number of carbonyl (C=O) groups is 1. The van der Waals surface area contributed by atoms with Crippen LogP contribution in [0, 0.1) is 11.6 Å². The van der Waals surface area contributed by atoms with Gasteiger partial charge in [-0.2, -0.15) is 0 Å². The molecule has 0 unspecified atom stereocenters. The molecule has 0 fully saturated rings. The number of H-pyrrole nitrogens is 1. The smallest absolute Gasteiger partial charge is 0.230 e. The maximum absolute atomic E-state index is 13.2. The minimum Gasteiger partial charge on any atom is -0.496 e. The highest BCUT2D eigenvalue weighted by atomic mass is 32.2. The van der Waals surface area contributed by atoms with Crippen LogP contribution in [0.3, 0.4) is 0 Å². The Labute approximate surface area is 153 Å². The number of aromatic nitrogens is 2. The summed E-state index contributed by atoms with van der Waals surface area (Å²) in [6.07, 6.45) is 0.656. The van der Waals surface area contributed by atoms with E-state index in [4.69, 9.17) is 4.74 Å². The fourth-order valence-electron chi connectivity index (χ4n) is 2.48. The molecule has 0 saturated heterocycles. The van der Waals surface area contributed by atoms with E-state index in [9.17, 15) is 13.6 Å². The van der Waals surface area contributed by atoms with Crippen LogP contribution in [-0.2, 0) is 11.2 Å². The van der Waals surface area contributed by atoms with E-state index in [-0.39, 0.29) is 11.7 Å². The summed E-state index contributed by atoms with van der Waals surface area (Å²) in [6, 6.07) is 9.71. The van der Waals surface area contributed by atoms with Gasteiger partial charge in [0.05, 0.1) is 23.9 Å². The molecule has 5 nitrogen and oxygen atoms in total. The largest absolute Gasteiger partial charge is 0.496 e. The van der Waals surface area contributed by atoms with Crippen LogP contribution in [0.4, 0.5) is 8.78 Å². The summed E-state index contributed by atoms with van der Waals surface area (Å²) in [4.78, 5) is 19.0. The number of halogens is 2. The molecule has 0 atom stereocenters. The second kappa shape index (κ2) is 8.18. The zero-order valence-corrected chi connectivity index (χ0v) is 14.8. The van der Waals surface area contributed by atoms with E-state index in [0.717, 1.165) is 23.4 Å². The first-order chi connectivity index (χ1) is 12.6. The third-order valence-corrected chi connectivity index (χ3v) is 4.62. The Hall–Kier alpha value is -2.61. The number of carbonyl (C=O) groups excluding carboxylic acids is 1. The molecule has 136 valence electrons. The van der Waals surface area contributed by atoms with E-state index >= 15 is 0 Å². The summed E-state index contributed by atoms with van der Waals surface area (Å²) in [5, 5.41) is 3.26. The number of imidazole rings is 1. The molecule has 26 heavy (non-hydrogen) atoms. The van der Waals surface area contributed by atoms with Crippen molar-refractivity contribution in [3.8, 4) is 5.75 Å². The van der Waals surface area contributed by atoms with Crippen molar-refractivity contribution in [2.24, 2.45) is 0 Å². The molecule has 8 heteroatoms. The van der Waals surface area contributed by atoms with Gasteiger partial charge in [0, 0.05) is 18.7 Å². The van der Waals surface area contributed by atoms with Crippen LogP contribution in [0.2, 0.25) is 0 Å². The molecule has 0 saturated carbocycles. The molecule has 2 N–H and O–H groups in total. The fraction of sp³-hybridized carbons (Fsp3) is 0.222. The molecule has 1 heterocycles. The van der Waals surface area contributed by atoms with Crippen LogP contribution >= 0.6 is 11.8 Å². The van der Waals surface area contributed by atoms with Crippen LogP contribution in [0.1, 0.15) is 5.56 Å². The van der Waals surface area contributed by atoms with Crippen molar-refractivity contribution in [2.75, 3.05) is 19.4 Å². The zero-order chi connectivity index (χ0) is 18.5. The van der Waals surface area contributed by atoms with Crippen LogP contribution in [0.25, 0.3) is 11.0 Å². The van der Waals surface area contributed by atoms with Crippen molar-refractivity contribution in [1.82, 2.24) is 15.3 Å². The van der Waals surface area contributed by atoms with Crippen LogP contribution < -0.4 is 10.1 Å². The van der Waals surface area contributed by atoms with Crippen molar-refractivity contribution in [3.05, 3.63) is 53.6 Å². The number of nitrogens with one attached hydrogen (secondary N) is 2. The number of rotatable bonds is 7. The number of benzene rings is 2. The van der Waals surface area contributed by atoms with Crippen molar-refractivity contribution in [1.29, 1.82) is 0 Å². The van der Waals surface area contributed by atoms with Gasteiger partial charge < -0.3 is 15.0 Å². The lowest BCUT2D eigenvalue weighted by molar-refractivity contribution is -0.118. The van der Waals surface area contributed by atoms with Crippen LogP contribution in [-0.4, -0.2) is 35.3 Å². The number of hydrogen-bond donors (Lipinski definition) is 2. The standard InChI is InChI=1S/C18H17F2N3O2S/c1-25-16-5-3-2-4-11(16)6-7-21-17(24)10-26-18-22-14-8-12(19)13(20)9-15(14)23-18/h2-5,8-9H,6-7,10H2,1H3,(H,21,24)(H,22,23). The lowest BCUT2D eigenvalue weighted by Crippen LogP contribution is -2.27. The molecule has 0 aliphatic heterocycles. The lowest BCUT2D eigenvalue weighted by Gasteiger charge is -2.08. The second-order valence-corrected chi connectivity index (χ2v) is 6.49. The summed E-state index contributed by atoms with van der Waals surface area (Å²) >= 11 is 1.17. The van der Waals surface area contributed by atoms with Crippen molar-refractivity contribution in [3.63, 3.8) is 0 Å². The second-order valence-electron chi connectivity index (χ2n) is 5.53. The quantitative estimate of drug-likeness (QED) is 0.620. The molecule has 2 aromatic carbocycles. The van der Waals surface area contributed by atoms with E-state index in [1.54, 1.807) is 7.11 Å². The van der Waals surface area contributed by atoms with Gasteiger partial charge in [-0.05, 0) is 18.1 Å².